The zero-order valence-corrected chi connectivity index (χ0v) is 16.8. The van der Waals surface area contributed by atoms with Crippen molar-refractivity contribution in [2.45, 2.75) is 17.9 Å². The third-order valence-electron chi connectivity index (χ3n) is 4.47. The largest absolute Gasteiger partial charge is 0.394 e. The number of fused-ring (bicyclic) bond motifs is 1. The standard InChI is InChI=1S/C24H25NO2S/c1-18-8-3-6-13-24(18)28-19(2)9-7-10-20-14-15-25(16-21(27)17-26)23-12-5-4-11-22(20)23/h3-15,21,26-27H,2,16-17H2,1H3. The third-order valence-corrected chi connectivity index (χ3v) is 5.55. The van der Waals surface area contributed by atoms with E-state index in [0.29, 0.717) is 6.54 Å². The number of β-amino-alcohol motifs (C(OH)–C–C–N with tert-alkyl or cyclic N) is 1. The lowest BCUT2D eigenvalue weighted by molar-refractivity contribution is 0.101. The van der Waals surface area contributed by atoms with Crippen molar-refractivity contribution in [2.24, 2.45) is 0 Å². The number of nitrogens with zero attached hydrogens (tertiary/aromatic N) is 1. The van der Waals surface area contributed by atoms with E-state index in [2.05, 4.69) is 37.8 Å². The van der Waals surface area contributed by atoms with Gasteiger partial charge in [0.05, 0.1) is 19.3 Å². The summed E-state index contributed by atoms with van der Waals surface area (Å²) in [5.74, 6) is 0. The van der Waals surface area contributed by atoms with Crippen LogP contribution in [0, 0.1) is 6.92 Å². The first kappa shape index (κ1) is 20.2. The first-order valence-electron chi connectivity index (χ1n) is 9.22. The third kappa shape index (κ3) is 5.04. The molecule has 0 aromatic heterocycles. The number of rotatable bonds is 7. The number of hydrogen-bond acceptors (Lipinski definition) is 4. The summed E-state index contributed by atoms with van der Waals surface area (Å²) < 4.78 is 0. The summed E-state index contributed by atoms with van der Waals surface area (Å²) in [6.07, 6.45) is 9.29. The van der Waals surface area contributed by atoms with Crippen LogP contribution in [0.4, 0.5) is 5.69 Å². The monoisotopic (exact) mass is 391 g/mol. The predicted molar refractivity (Wildman–Crippen MR) is 119 cm³/mol. The van der Waals surface area contributed by atoms with Crippen LogP contribution >= 0.6 is 11.8 Å². The quantitative estimate of drug-likeness (QED) is 0.519. The number of anilines is 1. The summed E-state index contributed by atoms with van der Waals surface area (Å²) in [5, 5.41) is 18.9. The number of aryl methyl sites for hydroxylation is 1. The lowest BCUT2D eigenvalue weighted by atomic mass is 9.99. The Kier molecular flexibility index (Phi) is 6.93. The molecule has 0 saturated carbocycles. The molecule has 0 bridgehead atoms. The van der Waals surface area contributed by atoms with Crippen LogP contribution in [-0.2, 0) is 0 Å². The van der Waals surface area contributed by atoms with Gasteiger partial charge < -0.3 is 15.1 Å². The molecule has 28 heavy (non-hydrogen) atoms. The molecule has 1 aliphatic heterocycles. The molecule has 0 spiro atoms. The molecule has 0 aliphatic carbocycles. The molecular formula is C24H25NO2S. The van der Waals surface area contributed by atoms with Crippen LogP contribution in [0.3, 0.4) is 0 Å². The fraction of sp³-hybridized carbons (Fsp3) is 0.167. The first-order valence-corrected chi connectivity index (χ1v) is 10.0. The Morgan fingerprint density at radius 1 is 1.18 bits per heavy atom. The molecule has 4 heteroatoms. The smallest absolute Gasteiger partial charge is 0.0949 e. The highest BCUT2D eigenvalue weighted by molar-refractivity contribution is 8.03. The zero-order chi connectivity index (χ0) is 19.9. The van der Waals surface area contributed by atoms with Gasteiger partial charge in [-0.1, -0.05) is 66.9 Å². The molecule has 0 radical (unpaired) electrons. The van der Waals surface area contributed by atoms with E-state index < -0.39 is 6.10 Å². The topological polar surface area (TPSA) is 43.7 Å². The molecule has 0 amide bonds. The SMILES string of the molecule is C=C(C=CC=C1C=CN(CC(O)CO)c2ccccc21)Sc1ccccc1C. The highest BCUT2D eigenvalue weighted by Gasteiger charge is 2.17. The molecule has 2 aromatic carbocycles. The Balaban J connectivity index is 1.74. The second-order valence-corrected chi connectivity index (χ2v) is 7.80. The molecular weight excluding hydrogens is 366 g/mol. The van der Waals surface area contributed by atoms with E-state index in [-0.39, 0.29) is 6.61 Å². The van der Waals surface area contributed by atoms with E-state index >= 15 is 0 Å². The van der Waals surface area contributed by atoms with Crippen LogP contribution in [0.25, 0.3) is 5.57 Å². The van der Waals surface area contributed by atoms with Gasteiger partial charge in [-0.15, -0.1) is 0 Å². The number of allylic oxidation sites excluding steroid dienone is 5. The molecule has 1 heterocycles. The lowest BCUT2D eigenvalue weighted by Gasteiger charge is -2.29. The van der Waals surface area contributed by atoms with Gasteiger partial charge in [-0.25, -0.2) is 0 Å². The first-order chi connectivity index (χ1) is 13.6. The fourth-order valence-corrected chi connectivity index (χ4v) is 3.81. The van der Waals surface area contributed by atoms with E-state index in [1.807, 2.05) is 59.7 Å². The van der Waals surface area contributed by atoms with Crippen molar-refractivity contribution in [1.29, 1.82) is 0 Å². The molecule has 0 fully saturated rings. The van der Waals surface area contributed by atoms with Crippen molar-refractivity contribution < 1.29 is 10.2 Å². The number of para-hydroxylation sites is 1. The van der Waals surface area contributed by atoms with Crippen molar-refractivity contribution >= 4 is 23.0 Å². The fourth-order valence-electron chi connectivity index (χ4n) is 3.00. The van der Waals surface area contributed by atoms with Gasteiger partial charge in [-0.2, -0.15) is 0 Å². The Morgan fingerprint density at radius 2 is 1.93 bits per heavy atom. The van der Waals surface area contributed by atoms with E-state index in [1.54, 1.807) is 11.8 Å². The summed E-state index contributed by atoms with van der Waals surface area (Å²) in [5.41, 5.74) is 4.45. The molecule has 2 aromatic rings. The van der Waals surface area contributed by atoms with E-state index in [0.717, 1.165) is 21.7 Å². The average molecular weight is 392 g/mol. The molecule has 0 saturated heterocycles. The number of hydrogen-bond donors (Lipinski definition) is 2. The van der Waals surface area contributed by atoms with Crippen molar-refractivity contribution in [1.82, 2.24) is 0 Å². The van der Waals surface area contributed by atoms with Gasteiger partial charge in [-0.05, 0) is 42.3 Å². The number of aliphatic hydroxyl groups excluding tert-OH is 2. The number of aliphatic hydroxyl groups is 2. The predicted octanol–water partition coefficient (Wildman–Crippen LogP) is 4.93. The lowest BCUT2D eigenvalue weighted by Crippen LogP contribution is -2.32. The Labute approximate surface area is 171 Å². The van der Waals surface area contributed by atoms with Gasteiger partial charge in [0.25, 0.3) is 0 Å². The minimum atomic E-state index is -0.773. The molecule has 1 aliphatic rings. The second-order valence-electron chi connectivity index (χ2n) is 6.64. The van der Waals surface area contributed by atoms with Crippen LogP contribution in [-0.4, -0.2) is 29.5 Å². The second kappa shape index (κ2) is 9.60. The van der Waals surface area contributed by atoms with Crippen LogP contribution in [0.1, 0.15) is 11.1 Å². The Hall–Kier alpha value is -2.53. The molecule has 3 rings (SSSR count). The highest BCUT2D eigenvalue weighted by Crippen LogP contribution is 2.33. The summed E-state index contributed by atoms with van der Waals surface area (Å²) in [4.78, 5) is 4.15. The van der Waals surface area contributed by atoms with E-state index in [1.165, 1.54) is 10.5 Å². The summed E-state index contributed by atoms with van der Waals surface area (Å²) in [6, 6.07) is 16.3. The summed E-state index contributed by atoms with van der Waals surface area (Å²) in [7, 11) is 0. The van der Waals surface area contributed by atoms with Crippen LogP contribution in [0.5, 0.6) is 0 Å². The van der Waals surface area contributed by atoms with Crippen molar-refractivity contribution in [3.63, 3.8) is 0 Å². The maximum atomic E-state index is 9.78. The Morgan fingerprint density at radius 3 is 2.71 bits per heavy atom. The average Bonchev–Trinajstić information content (AvgIpc) is 2.71. The van der Waals surface area contributed by atoms with Gasteiger partial charge in [-0.3, -0.25) is 0 Å². The van der Waals surface area contributed by atoms with Gasteiger partial charge in [0.2, 0.25) is 0 Å². The summed E-state index contributed by atoms with van der Waals surface area (Å²) in [6.45, 7) is 6.35. The molecule has 144 valence electrons. The van der Waals surface area contributed by atoms with E-state index in [9.17, 15) is 5.11 Å². The Bertz CT molecular complexity index is 930. The van der Waals surface area contributed by atoms with Crippen molar-refractivity contribution in [3.05, 3.63) is 102 Å². The van der Waals surface area contributed by atoms with Gasteiger partial charge in [0.1, 0.15) is 0 Å². The van der Waals surface area contributed by atoms with Crippen molar-refractivity contribution in [2.75, 3.05) is 18.1 Å². The van der Waals surface area contributed by atoms with E-state index in [4.69, 9.17) is 5.11 Å². The minimum Gasteiger partial charge on any atom is -0.394 e. The molecule has 3 nitrogen and oxygen atoms in total. The number of benzene rings is 2. The van der Waals surface area contributed by atoms with Crippen LogP contribution in [0.15, 0.2) is 95.4 Å². The van der Waals surface area contributed by atoms with Crippen LogP contribution in [0.2, 0.25) is 0 Å². The zero-order valence-electron chi connectivity index (χ0n) is 16.0. The summed E-state index contributed by atoms with van der Waals surface area (Å²) >= 11 is 1.66. The van der Waals surface area contributed by atoms with Gasteiger partial charge >= 0.3 is 0 Å². The number of thioether (sulfide) groups is 1. The highest BCUT2D eigenvalue weighted by atomic mass is 32.2. The molecule has 1 atom stereocenters. The maximum Gasteiger partial charge on any atom is 0.0949 e. The normalized spacial score (nSPS) is 15.8. The van der Waals surface area contributed by atoms with Gasteiger partial charge in [0, 0.05) is 27.3 Å². The maximum absolute atomic E-state index is 9.78. The minimum absolute atomic E-state index is 0.251. The molecule has 1 unspecified atom stereocenters. The van der Waals surface area contributed by atoms with Crippen LogP contribution < -0.4 is 4.90 Å². The molecule has 2 N–H and O–H groups in total. The van der Waals surface area contributed by atoms with Gasteiger partial charge in [0.15, 0.2) is 0 Å². The van der Waals surface area contributed by atoms with Crippen molar-refractivity contribution in [3.8, 4) is 0 Å².